The first-order chi connectivity index (χ1) is 7.92. The van der Waals surface area contributed by atoms with Crippen LogP contribution in [-0.2, 0) is 16.9 Å². The highest BCUT2D eigenvalue weighted by molar-refractivity contribution is 5.69. The summed E-state index contributed by atoms with van der Waals surface area (Å²) in [5, 5.41) is 8.88. The summed E-state index contributed by atoms with van der Waals surface area (Å²) in [6, 6.07) is 5.17. The van der Waals surface area contributed by atoms with Crippen LogP contribution in [0.2, 0.25) is 0 Å². The highest BCUT2D eigenvalue weighted by Crippen LogP contribution is 2.34. The maximum atomic E-state index is 13.1. The van der Waals surface area contributed by atoms with E-state index < -0.39 is 18.1 Å². The number of hydrogen-bond donors (Lipinski definition) is 1. The van der Waals surface area contributed by atoms with Crippen LogP contribution in [0.15, 0.2) is 18.2 Å². The van der Waals surface area contributed by atoms with E-state index in [1.165, 1.54) is 7.11 Å². The number of aliphatic carboxylic acids is 1. The molecule has 1 N–H and O–H groups in total. The summed E-state index contributed by atoms with van der Waals surface area (Å²) in [5.74, 6) is -0.439. The van der Waals surface area contributed by atoms with Crippen LogP contribution in [0.25, 0.3) is 0 Å². The van der Waals surface area contributed by atoms with E-state index in [0.29, 0.717) is 16.9 Å². The Hall–Kier alpha value is -1.58. The molecule has 0 aliphatic carbocycles. The summed E-state index contributed by atoms with van der Waals surface area (Å²) in [4.78, 5) is 10.8. The Labute approximate surface area is 100 Å². The number of benzene rings is 1. The summed E-state index contributed by atoms with van der Waals surface area (Å²) in [6.07, 6.45) is -0.0484. The van der Waals surface area contributed by atoms with Crippen molar-refractivity contribution in [1.82, 2.24) is 0 Å². The molecule has 0 atom stereocenters. The highest BCUT2D eigenvalue weighted by Gasteiger charge is 2.27. The molecule has 4 heteroatoms. The highest BCUT2D eigenvalue weighted by atomic mass is 19.1. The van der Waals surface area contributed by atoms with Crippen molar-refractivity contribution in [2.24, 2.45) is 0 Å². The number of carbonyl (C=O) groups is 1. The number of hydrogen-bond acceptors (Lipinski definition) is 2. The molecule has 0 heterocycles. The fourth-order valence-corrected chi connectivity index (χ4v) is 2.00. The van der Waals surface area contributed by atoms with E-state index in [0.717, 1.165) is 0 Å². The van der Waals surface area contributed by atoms with E-state index >= 15 is 0 Å². The molecule has 0 aliphatic heterocycles. The molecule has 0 fully saturated rings. The van der Waals surface area contributed by atoms with Crippen molar-refractivity contribution >= 4 is 5.97 Å². The third-order valence-electron chi connectivity index (χ3n) is 2.81. The molecule has 94 valence electrons. The summed E-state index contributed by atoms with van der Waals surface area (Å²) in [5.41, 5.74) is 0.491. The van der Waals surface area contributed by atoms with Gasteiger partial charge in [0, 0.05) is 11.0 Å². The second kappa shape index (κ2) is 5.17. The first kappa shape index (κ1) is 13.5. The van der Waals surface area contributed by atoms with Crippen molar-refractivity contribution in [2.75, 3.05) is 7.11 Å². The molecular formula is C13H17FO3. The van der Waals surface area contributed by atoms with Gasteiger partial charge in [-0.25, -0.2) is 4.39 Å². The van der Waals surface area contributed by atoms with Crippen LogP contribution in [0.5, 0.6) is 5.75 Å². The fraction of sp³-hybridized carbons (Fsp3) is 0.462. The molecule has 1 rings (SSSR count). The fourth-order valence-electron chi connectivity index (χ4n) is 2.00. The molecule has 1 aromatic rings. The zero-order valence-electron chi connectivity index (χ0n) is 10.3. The number of ether oxygens (including phenoxy) is 1. The average molecular weight is 240 g/mol. The predicted molar refractivity (Wildman–Crippen MR) is 63.1 cm³/mol. The van der Waals surface area contributed by atoms with Crippen LogP contribution in [0, 0.1) is 0 Å². The summed E-state index contributed by atoms with van der Waals surface area (Å²) in [7, 11) is 1.47. The molecule has 0 radical (unpaired) electrons. The standard InChI is InChI=1S/C13H17FO3/c1-13(2,7-12(15)16)10-5-4-6-11(17-3)9(10)8-14/h4-6H,7-8H2,1-3H3,(H,15,16). The molecule has 0 bridgehead atoms. The van der Waals surface area contributed by atoms with Gasteiger partial charge in [-0.2, -0.15) is 0 Å². The maximum Gasteiger partial charge on any atom is 0.304 e. The van der Waals surface area contributed by atoms with Crippen molar-refractivity contribution in [1.29, 1.82) is 0 Å². The molecule has 17 heavy (non-hydrogen) atoms. The summed E-state index contributed by atoms with van der Waals surface area (Å²) < 4.78 is 18.2. The van der Waals surface area contributed by atoms with Crippen LogP contribution in [0.4, 0.5) is 4.39 Å². The SMILES string of the molecule is COc1cccc(C(C)(C)CC(=O)O)c1CF. The van der Waals surface area contributed by atoms with Gasteiger partial charge >= 0.3 is 5.97 Å². The van der Waals surface area contributed by atoms with Gasteiger partial charge in [0.2, 0.25) is 0 Å². The minimum absolute atomic E-state index is 0.0484. The lowest BCUT2D eigenvalue weighted by Crippen LogP contribution is -2.23. The molecule has 1 aromatic carbocycles. The lowest BCUT2D eigenvalue weighted by molar-refractivity contribution is -0.138. The van der Waals surface area contributed by atoms with Gasteiger partial charge in [0.05, 0.1) is 13.5 Å². The van der Waals surface area contributed by atoms with Crippen molar-refractivity contribution in [3.05, 3.63) is 29.3 Å². The third-order valence-corrected chi connectivity index (χ3v) is 2.81. The minimum atomic E-state index is -0.900. The molecule has 3 nitrogen and oxygen atoms in total. The zero-order valence-corrected chi connectivity index (χ0v) is 10.3. The largest absolute Gasteiger partial charge is 0.496 e. The second-order valence-electron chi connectivity index (χ2n) is 4.57. The van der Waals surface area contributed by atoms with Crippen LogP contribution >= 0.6 is 0 Å². The van der Waals surface area contributed by atoms with Gasteiger partial charge in [-0.05, 0) is 11.6 Å². The van der Waals surface area contributed by atoms with Crippen molar-refractivity contribution < 1.29 is 19.0 Å². The Bertz CT molecular complexity index is 413. The maximum absolute atomic E-state index is 13.1. The smallest absolute Gasteiger partial charge is 0.304 e. The molecule has 0 amide bonds. The Morgan fingerprint density at radius 3 is 2.59 bits per heavy atom. The zero-order chi connectivity index (χ0) is 13.1. The van der Waals surface area contributed by atoms with Crippen LogP contribution in [0.1, 0.15) is 31.4 Å². The Morgan fingerprint density at radius 2 is 2.12 bits per heavy atom. The molecule has 0 aliphatic rings. The lowest BCUT2D eigenvalue weighted by Gasteiger charge is -2.26. The third kappa shape index (κ3) is 2.96. The van der Waals surface area contributed by atoms with Crippen molar-refractivity contribution in [2.45, 2.75) is 32.4 Å². The van der Waals surface area contributed by atoms with E-state index in [-0.39, 0.29) is 6.42 Å². The van der Waals surface area contributed by atoms with Gasteiger partial charge < -0.3 is 9.84 Å². The average Bonchev–Trinajstić information content (AvgIpc) is 2.26. The number of carboxylic acid groups (broad SMARTS) is 1. The van der Waals surface area contributed by atoms with E-state index in [1.807, 2.05) is 0 Å². The molecular weight excluding hydrogens is 223 g/mol. The number of halogens is 1. The topological polar surface area (TPSA) is 46.5 Å². The molecule has 0 aromatic heterocycles. The van der Waals surface area contributed by atoms with Gasteiger partial charge in [0.25, 0.3) is 0 Å². The van der Waals surface area contributed by atoms with Crippen molar-refractivity contribution in [3.8, 4) is 5.75 Å². The van der Waals surface area contributed by atoms with E-state index in [4.69, 9.17) is 9.84 Å². The Morgan fingerprint density at radius 1 is 1.47 bits per heavy atom. The van der Waals surface area contributed by atoms with E-state index in [1.54, 1.807) is 32.0 Å². The summed E-state index contributed by atoms with van der Waals surface area (Å²) in [6.45, 7) is 2.91. The number of carboxylic acids is 1. The van der Waals surface area contributed by atoms with Gasteiger partial charge in [0.15, 0.2) is 0 Å². The van der Waals surface area contributed by atoms with Crippen LogP contribution < -0.4 is 4.74 Å². The van der Waals surface area contributed by atoms with Crippen LogP contribution in [0.3, 0.4) is 0 Å². The predicted octanol–water partition coefficient (Wildman–Crippen LogP) is 2.92. The summed E-state index contributed by atoms with van der Waals surface area (Å²) >= 11 is 0. The van der Waals surface area contributed by atoms with Gasteiger partial charge in [0.1, 0.15) is 12.4 Å². The van der Waals surface area contributed by atoms with Gasteiger partial charge in [-0.3, -0.25) is 4.79 Å². The van der Waals surface area contributed by atoms with Gasteiger partial charge in [-0.1, -0.05) is 26.0 Å². The normalized spacial score (nSPS) is 11.3. The monoisotopic (exact) mass is 240 g/mol. The molecule has 0 saturated heterocycles. The van der Waals surface area contributed by atoms with E-state index in [2.05, 4.69) is 0 Å². The first-order valence-corrected chi connectivity index (χ1v) is 5.36. The number of alkyl halides is 1. The minimum Gasteiger partial charge on any atom is -0.496 e. The number of rotatable bonds is 5. The molecule has 0 spiro atoms. The molecule has 0 unspecified atom stereocenters. The Kier molecular flexibility index (Phi) is 4.10. The van der Waals surface area contributed by atoms with Crippen LogP contribution in [-0.4, -0.2) is 18.2 Å². The Balaban J connectivity index is 3.25. The lowest BCUT2D eigenvalue weighted by atomic mass is 9.79. The number of methoxy groups -OCH3 is 1. The quantitative estimate of drug-likeness (QED) is 0.860. The first-order valence-electron chi connectivity index (χ1n) is 5.36. The van der Waals surface area contributed by atoms with Gasteiger partial charge in [-0.15, -0.1) is 0 Å². The second-order valence-corrected chi connectivity index (χ2v) is 4.57. The molecule has 0 saturated carbocycles. The van der Waals surface area contributed by atoms with Crippen molar-refractivity contribution in [3.63, 3.8) is 0 Å². The van der Waals surface area contributed by atoms with E-state index in [9.17, 15) is 9.18 Å².